The third-order valence-corrected chi connectivity index (χ3v) is 5.44. The predicted octanol–water partition coefficient (Wildman–Crippen LogP) is 3.11. The van der Waals surface area contributed by atoms with Gasteiger partial charge in [0.15, 0.2) is 6.29 Å². The molecule has 0 atom stereocenters. The van der Waals surface area contributed by atoms with Crippen LogP contribution >= 0.6 is 0 Å². The normalized spacial score (nSPS) is 14.6. The first-order valence-electron chi connectivity index (χ1n) is 9.30. The maximum atomic E-state index is 12.9. The summed E-state index contributed by atoms with van der Waals surface area (Å²) in [6.45, 7) is 5.27. The van der Waals surface area contributed by atoms with E-state index in [0.717, 1.165) is 36.0 Å². The van der Waals surface area contributed by atoms with Gasteiger partial charge in [0.05, 0.1) is 0 Å². The van der Waals surface area contributed by atoms with Crippen molar-refractivity contribution in [3.63, 3.8) is 0 Å². The fourth-order valence-electron chi connectivity index (χ4n) is 3.90. The number of nitrogens with zero attached hydrogens (tertiary/aromatic N) is 3. The maximum Gasteiger partial charge on any atom is 0.242 e. The molecule has 27 heavy (non-hydrogen) atoms. The Morgan fingerprint density at radius 3 is 2.33 bits per heavy atom. The first-order valence-corrected chi connectivity index (χ1v) is 9.30. The summed E-state index contributed by atoms with van der Waals surface area (Å²) >= 11 is 0. The van der Waals surface area contributed by atoms with E-state index in [4.69, 9.17) is 0 Å². The smallest absolute Gasteiger partial charge is 0.242 e. The molecule has 2 heterocycles. The fraction of sp³-hybridized carbons (Fsp3) is 0.273. The molecule has 0 N–H and O–H groups in total. The summed E-state index contributed by atoms with van der Waals surface area (Å²) in [4.78, 5) is 28.6. The lowest BCUT2D eigenvalue weighted by molar-refractivity contribution is -0.132. The maximum absolute atomic E-state index is 12.9. The molecule has 0 aliphatic carbocycles. The van der Waals surface area contributed by atoms with Crippen LogP contribution in [0.15, 0.2) is 54.6 Å². The van der Waals surface area contributed by atoms with E-state index in [2.05, 4.69) is 17.0 Å². The first-order chi connectivity index (χ1) is 13.2. The van der Waals surface area contributed by atoms with E-state index < -0.39 is 0 Å². The van der Waals surface area contributed by atoms with Crippen LogP contribution in [0.25, 0.3) is 10.9 Å². The van der Waals surface area contributed by atoms with E-state index in [1.54, 1.807) is 0 Å². The largest absolute Gasteiger partial charge is 0.368 e. The zero-order valence-electron chi connectivity index (χ0n) is 15.5. The topological polar surface area (TPSA) is 45.6 Å². The minimum Gasteiger partial charge on any atom is -0.368 e. The molecule has 1 aromatic heterocycles. The first kappa shape index (κ1) is 17.3. The number of amides is 1. The molecule has 5 nitrogen and oxygen atoms in total. The molecule has 0 spiro atoms. The van der Waals surface area contributed by atoms with Crippen LogP contribution in [-0.4, -0.2) is 47.8 Å². The quantitative estimate of drug-likeness (QED) is 0.671. The summed E-state index contributed by atoms with van der Waals surface area (Å²) in [5.74, 6) is 0.101. The highest BCUT2D eigenvalue weighted by Gasteiger charge is 2.23. The van der Waals surface area contributed by atoms with E-state index in [1.165, 1.54) is 5.69 Å². The van der Waals surface area contributed by atoms with Gasteiger partial charge in [0.1, 0.15) is 6.54 Å². The Kier molecular flexibility index (Phi) is 4.67. The number of hydrogen-bond donors (Lipinski definition) is 0. The monoisotopic (exact) mass is 361 g/mol. The van der Waals surface area contributed by atoms with E-state index in [-0.39, 0.29) is 12.5 Å². The minimum atomic E-state index is 0.101. The van der Waals surface area contributed by atoms with Crippen LogP contribution in [0.4, 0.5) is 5.69 Å². The second-order valence-corrected chi connectivity index (χ2v) is 6.92. The number of benzene rings is 2. The highest BCUT2D eigenvalue weighted by atomic mass is 16.2. The molecule has 0 bridgehead atoms. The molecule has 1 fully saturated rings. The predicted molar refractivity (Wildman–Crippen MR) is 107 cm³/mol. The van der Waals surface area contributed by atoms with Crippen molar-refractivity contribution in [1.29, 1.82) is 0 Å². The second kappa shape index (κ2) is 7.27. The molecule has 5 heteroatoms. The Labute approximate surface area is 158 Å². The highest BCUT2D eigenvalue weighted by molar-refractivity contribution is 6.00. The highest BCUT2D eigenvalue weighted by Crippen LogP contribution is 2.25. The summed E-state index contributed by atoms with van der Waals surface area (Å²) < 4.78 is 1.96. The SMILES string of the molecule is Cc1c(C=O)c2ccccc2n1CC(=O)N1CCN(c2ccccc2)CC1. The van der Waals surface area contributed by atoms with Gasteiger partial charge in [-0.05, 0) is 25.1 Å². The summed E-state index contributed by atoms with van der Waals surface area (Å²) in [5, 5.41) is 0.909. The molecule has 1 saturated heterocycles. The van der Waals surface area contributed by atoms with Crippen molar-refractivity contribution in [2.24, 2.45) is 0 Å². The van der Waals surface area contributed by atoms with Gasteiger partial charge in [0, 0.05) is 54.0 Å². The summed E-state index contributed by atoms with van der Waals surface area (Å²) in [5.41, 5.74) is 3.66. The molecule has 0 saturated carbocycles. The minimum absolute atomic E-state index is 0.101. The van der Waals surface area contributed by atoms with E-state index in [1.807, 2.05) is 58.9 Å². The molecule has 1 aliphatic heterocycles. The number of aldehydes is 1. The van der Waals surface area contributed by atoms with Crippen molar-refractivity contribution in [2.75, 3.05) is 31.1 Å². The van der Waals surface area contributed by atoms with Gasteiger partial charge in [0.2, 0.25) is 5.91 Å². The molecular formula is C22H23N3O2. The lowest BCUT2D eigenvalue weighted by atomic mass is 10.1. The molecule has 138 valence electrons. The van der Waals surface area contributed by atoms with Gasteiger partial charge in [-0.25, -0.2) is 0 Å². The zero-order chi connectivity index (χ0) is 18.8. The third kappa shape index (κ3) is 3.21. The van der Waals surface area contributed by atoms with Crippen molar-refractivity contribution in [3.05, 3.63) is 65.9 Å². The van der Waals surface area contributed by atoms with E-state index >= 15 is 0 Å². The van der Waals surface area contributed by atoms with Gasteiger partial charge in [-0.2, -0.15) is 0 Å². The molecular weight excluding hydrogens is 338 g/mol. The van der Waals surface area contributed by atoms with Crippen molar-refractivity contribution >= 4 is 28.8 Å². The fourth-order valence-corrected chi connectivity index (χ4v) is 3.90. The van der Waals surface area contributed by atoms with Gasteiger partial charge in [0.25, 0.3) is 0 Å². The second-order valence-electron chi connectivity index (χ2n) is 6.92. The Bertz CT molecular complexity index is 970. The molecule has 1 aliphatic rings. The number of fused-ring (bicyclic) bond motifs is 1. The summed E-state index contributed by atoms with van der Waals surface area (Å²) in [6.07, 6.45) is 0.886. The number of piperazine rings is 1. The summed E-state index contributed by atoms with van der Waals surface area (Å²) in [7, 11) is 0. The van der Waals surface area contributed by atoms with Crippen LogP contribution in [-0.2, 0) is 11.3 Å². The summed E-state index contributed by atoms with van der Waals surface area (Å²) in [6, 6.07) is 18.1. The van der Waals surface area contributed by atoms with E-state index in [0.29, 0.717) is 18.7 Å². The third-order valence-electron chi connectivity index (χ3n) is 5.44. The number of carbonyl (C=O) groups is 2. The van der Waals surface area contributed by atoms with Crippen LogP contribution in [0.1, 0.15) is 16.1 Å². The van der Waals surface area contributed by atoms with Gasteiger partial charge < -0.3 is 14.4 Å². The van der Waals surface area contributed by atoms with Crippen molar-refractivity contribution < 1.29 is 9.59 Å². The van der Waals surface area contributed by atoms with Crippen molar-refractivity contribution in [1.82, 2.24) is 9.47 Å². The van der Waals surface area contributed by atoms with Gasteiger partial charge in [-0.3, -0.25) is 9.59 Å². The lowest BCUT2D eigenvalue weighted by Gasteiger charge is -2.36. The Hall–Kier alpha value is -3.08. The lowest BCUT2D eigenvalue weighted by Crippen LogP contribution is -2.49. The van der Waals surface area contributed by atoms with Crippen molar-refractivity contribution in [2.45, 2.75) is 13.5 Å². The molecule has 4 rings (SSSR count). The number of carbonyl (C=O) groups excluding carboxylic acids is 2. The van der Waals surface area contributed by atoms with Crippen LogP contribution in [0, 0.1) is 6.92 Å². The van der Waals surface area contributed by atoms with Gasteiger partial charge >= 0.3 is 0 Å². The van der Waals surface area contributed by atoms with Gasteiger partial charge in [-0.1, -0.05) is 36.4 Å². The zero-order valence-corrected chi connectivity index (χ0v) is 15.5. The van der Waals surface area contributed by atoms with Crippen LogP contribution in [0.2, 0.25) is 0 Å². The average molecular weight is 361 g/mol. The Morgan fingerprint density at radius 1 is 0.963 bits per heavy atom. The average Bonchev–Trinajstić information content (AvgIpc) is 2.99. The number of rotatable bonds is 4. The number of aromatic nitrogens is 1. The van der Waals surface area contributed by atoms with Crippen LogP contribution in [0.5, 0.6) is 0 Å². The molecule has 1 amide bonds. The number of para-hydroxylation sites is 2. The number of anilines is 1. The number of hydrogen-bond acceptors (Lipinski definition) is 3. The molecule has 3 aromatic rings. The van der Waals surface area contributed by atoms with Gasteiger partial charge in [-0.15, -0.1) is 0 Å². The van der Waals surface area contributed by atoms with Crippen LogP contribution < -0.4 is 4.90 Å². The van der Waals surface area contributed by atoms with Crippen molar-refractivity contribution in [3.8, 4) is 0 Å². The van der Waals surface area contributed by atoms with E-state index in [9.17, 15) is 9.59 Å². The molecule has 0 radical (unpaired) electrons. The Balaban J connectivity index is 1.49. The van der Waals surface area contributed by atoms with Crippen LogP contribution in [0.3, 0.4) is 0 Å². The standard InChI is InChI=1S/C22H23N3O2/c1-17-20(16-26)19-9-5-6-10-21(19)25(17)15-22(27)24-13-11-23(12-14-24)18-7-3-2-4-8-18/h2-10,16H,11-15H2,1H3. The Morgan fingerprint density at radius 2 is 1.63 bits per heavy atom. The molecule has 2 aromatic carbocycles. The molecule has 0 unspecified atom stereocenters.